The van der Waals surface area contributed by atoms with E-state index in [9.17, 15) is 10.1 Å². The van der Waals surface area contributed by atoms with Gasteiger partial charge in [0.05, 0.1) is 12.1 Å². The lowest BCUT2D eigenvalue weighted by atomic mass is 10.1. The van der Waals surface area contributed by atoms with Gasteiger partial charge in [-0.1, -0.05) is 0 Å². The summed E-state index contributed by atoms with van der Waals surface area (Å²) in [5.41, 5.74) is 0. The molecule has 1 saturated heterocycles. The third-order valence-corrected chi connectivity index (χ3v) is 1.96. The van der Waals surface area contributed by atoms with Gasteiger partial charge in [-0.25, -0.2) is 0 Å². The molecule has 0 radical (unpaired) electrons. The van der Waals surface area contributed by atoms with Gasteiger partial charge in [-0.2, -0.15) is 0 Å². The molecule has 0 saturated carbocycles. The predicted molar refractivity (Wildman–Crippen MR) is 48.0 cm³/mol. The first-order valence-electron chi connectivity index (χ1n) is 3.75. The van der Waals surface area contributed by atoms with Gasteiger partial charge in [-0.15, -0.1) is 12.4 Å². The van der Waals surface area contributed by atoms with Crippen LogP contribution in [0.25, 0.3) is 0 Å². The molecule has 1 fully saturated rings. The van der Waals surface area contributed by atoms with E-state index in [4.69, 9.17) is 4.42 Å². The number of nitrogens with zero attached hydrogens (tertiary/aromatic N) is 1. The first-order chi connectivity index (χ1) is 5.77. The molecule has 5 nitrogen and oxygen atoms in total. The Morgan fingerprint density at radius 2 is 2.31 bits per heavy atom. The topological polar surface area (TPSA) is 68.3 Å². The monoisotopic (exact) mass is 204 g/mol. The van der Waals surface area contributed by atoms with Crippen LogP contribution in [-0.2, 0) is 0 Å². The van der Waals surface area contributed by atoms with Gasteiger partial charge in [0.25, 0.3) is 0 Å². The van der Waals surface area contributed by atoms with Crippen molar-refractivity contribution in [1.82, 2.24) is 5.32 Å². The van der Waals surface area contributed by atoms with Gasteiger partial charge >= 0.3 is 5.88 Å². The summed E-state index contributed by atoms with van der Waals surface area (Å²) in [5, 5.41) is 13.3. The van der Waals surface area contributed by atoms with Crippen molar-refractivity contribution in [3.05, 3.63) is 28.0 Å². The summed E-state index contributed by atoms with van der Waals surface area (Å²) < 4.78 is 4.99. The fraction of sp³-hybridized carbons (Fsp3) is 0.429. The molecule has 1 aliphatic rings. The molecule has 1 aromatic rings. The minimum absolute atomic E-state index is 0. The first kappa shape index (κ1) is 10.0. The summed E-state index contributed by atoms with van der Waals surface area (Å²) in [4.78, 5) is 9.71. The molecular weight excluding hydrogens is 196 g/mol. The fourth-order valence-electron chi connectivity index (χ4n) is 1.16. The largest absolute Gasteiger partial charge is 0.433 e. The number of furan rings is 1. The maximum absolute atomic E-state index is 10.2. The average Bonchev–Trinajstić information content (AvgIpc) is 2.32. The molecule has 72 valence electrons. The van der Waals surface area contributed by atoms with E-state index in [1.807, 2.05) is 0 Å². The van der Waals surface area contributed by atoms with E-state index in [1.165, 1.54) is 6.07 Å². The summed E-state index contributed by atoms with van der Waals surface area (Å²) in [6, 6.07) is 3.21. The van der Waals surface area contributed by atoms with E-state index in [-0.39, 0.29) is 24.3 Å². The van der Waals surface area contributed by atoms with Crippen molar-refractivity contribution in [1.29, 1.82) is 0 Å². The predicted octanol–water partition coefficient (Wildman–Crippen LogP) is 1.64. The van der Waals surface area contributed by atoms with Crippen LogP contribution in [0.3, 0.4) is 0 Å². The Morgan fingerprint density at radius 3 is 2.69 bits per heavy atom. The SMILES string of the molecule is Cl.O=[N+]([O-])c1ccc([C@H]2CCN2)o1. The third kappa shape index (κ3) is 1.81. The maximum Gasteiger partial charge on any atom is 0.433 e. The second kappa shape index (κ2) is 3.76. The quantitative estimate of drug-likeness (QED) is 0.588. The van der Waals surface area contributed by atoms with Crippen LogP contribution in [0, 0.1) is 10.1 Å². The molecule has 1 N–H and O–H groups in total. The Morgan fingerprint density at radius 1 is 1.62 bits per heavy atom. The van der Waals surface area contributed by atoms with Crippen LogP contribution in [0.15, 0.2) is 16.5 Å². The Hall–Kier alpha value is -1.07. The van der Waals surface area contributed by atoms with Crippen LogP contribution >= 0.6 is 12.4 Å². The maximum atomic E-state index is 10.2. The molecule has 0 aromatic carbocycles. The fourth-order valence-corrected chi connectivity index (χ4v) is 1.16. The number of rotatable bonds is 2. The highest BCUT2D eigenvalue weighted by atomic mass is 35.5. The lowest BCUT2D eigenvalue weighted by Gasteiger charge is -2.24. The summed E-state index contributed by atoms with van der Waals surface area (Å²) in [6.07, 6.45) is 0.991. The lowest BCUT2D eigenvalue weighted by Crippen LogP contribution is -2.34. The van der Waals surface area contributed by atoms with E-state index in [1.54, 1.807) is 6.07 Å². The molecule has 6 heteroatoms. The molecule has 0 unspecified atom stereocenters. The standard InChI is InChI=1S/C7H8N2O3.ClH/c10-9(11)7-2-1-6(12-7)5-3-4-8-5;/h1-2,5,8H,3-4H2;1H/t5-;/m1./s1. The third-order valence-electron chi connectivity index (χ3n) is 1.96. The molecule has 13 heavy (non-hydrogen) atoms. The Balaban J connectivity index is 0.000000845. The van der Waals surface area contributed by atoms with Crippen molar-refractivity contribution >= 4 is 18.3 Å². The molecule has 1 aliphatic heterocycles. The Labute approximate surface area is 80.7 Å². The Bertz CT molecular complexity index is 308. The summed E-state index contributed by atoms with van der Waals surface area (Å²) in [7, 11) is 0. The van der Waals surface area contributed by atoms with Crippen LogP contribution < -0.4 is 5.32 Å². The van der Waals surface area contributed by atoms with Crippen molar-refractivity contribution < 1.29 is 9.34 Å². The minimum Gasteiger partial charge on any atom is -0.404 e. The Kier molecular flexibility index (Phi) is 2.90. The highest BCUT2D eigenvalue weighted by Crippen LogP contribution is 2.27. The van der Waals surface area contributed by atoms with E-state index >= 15 is 0 Å². The number of nitro groups is 1. The smallest absolute Gasteiger partial charge is 0.404 e. The molecule has 0 amide bonds. The number of hydrogen-bond acceptors (Lipinski definition) is 4. The average molecular weight is 205 g/mol. The van der Waals surface area contributed by atoms with Gasteiger partial charge in [0, 0.05) is 0 Å². The highest BCUT2D eigenvalue weighted by molar-refractivity contribution is 5.85. The molecule has 0 aliphatic carbocycles. The number of hydrogen-bond donors (Lipinski definition) is 1. The van der Waals surface area contributed by atoms with Gasteiger partial charge in [0.15, 0.2) is 0 Å². The summed E-state index contributed by atoms with van der Waals surface area (Å²) in [6.45, 7) is 0.958. The van der Waals surface area contributed by atoms with Crippen LogP contribution in [0.2, 0.25) is 0 Å². The highest BCUT2D eigenvalue weighted by Gasteiger charge is 2.24. The van der Waals surface area contributed by atoms with Crippen molar-refractivity contribution in [3.8, 4) is 0 Å². The van der Waals surface area contributed by atoms with E-state index in [2.05, 4.69) is 5.32 Å². The zero-order valence-corrected chi connectivity index (χ0v) is 7.54. The first-order valence-corrected chi connectivity index (χ1v) is 3.75. The molecule has 1 atom stereocenters. The molecule has 2 rings (SSSR count). The van der Waals surface area contributed by atoms with E-state index < -0.39 is 4.92 Å². The lowest BCUT2D eigenvalue weighted by molar-refractivity contribution is -0.402. The van der Waals surface area contributed by atoms with Gasteiger partial charge in [0.2, 0.25) is 0 Å². The second-order valence-electron chi connectivity index (χ2n) is 2.73. The molecule has 0 spiro atoms. The van der Waals surface area contributed by atoms with Crippen molar-refractivity contribution in [2.45, 2.75) is 12.5 Å². The minimum atomic E-state index is -0.526. The van der Waals surface area contributed by atoms with Crippen molar-refractivity contribution in [2.24, 2.45) is 0 Å². The molecule has 1 aromatic heterocycles. The van der Waals surface area contributed by atoms with Gasteiger partial charge in [0.1, 0.15) is 10.7 Å². The van der Waals surface area contributed by atoms with Gasteiger partial charge in [-0.05, 0) is 19.0 Å². The van der Waals surface area contributed by atoms with Gasteiger partial charge < -0.3 is 9.73 Å². The van der Waals surface area contributed by atoms with Crippen molar-refractivity contribution in [3.63, 3.8) is 0 Å². The van der Waals surface area contributed by atoms with Crippen LogP contribution in [0.4, 0.5) is 5.88 Å². The van der Waals surface area contributed by atoms with Crippen LogP contribution in [0.5, 0.6) is 0 Å². The number of nitrogens with one attached hydrogen (secondary N) is 1. The second-order valence-corrected chi connectivity index (χ2v) is 2.73. The zero-order valence-electron chi connectivity index (χ0n) is 6.73. The van der Waals surface area contributed by atoms with E-state index in [0.29, 0.717) is 5.76 Å². The van der Waals surface area contributed by atoms with Crippen molar-refractivity contribution in [2.75, 3.05) is 6.54 Å². The van der Waals surface area contributed by atoms with Gasteiger partial charge in [-0.3, -0.25) is 10.1 Å². The molecular formula is C7H9ClN2O3. The zero-order chi connectivity index (χ0) is 8.55. The summed E-state index contributed by atoms with van der Waals surface area (Å²) >= 11 is 0. The van der Waals surface area contributed by atoms with Crippen LogP contribution in [0.1, 0.15) is 18.2 Å². The molecule has 0 bridgehead atoms. The van der Waals surface area contributed by atoms with E-state index in [0.717, 1.165) is 13.0 Å². The number of halogens is 1. The summed E-state index contributed by atoms with van der Waals surface area (Å²) in [5.74, 6) is 0.478. The normalized spacial score (nSPS) is 20.2. The van der Waals surface area contributed by atoms with Crippen LogP contribution in [-0.4, -0.2) is 11.5 Å². The molecule has 2 heterocycles.